The number of furan rings is 1. The topological polar surface area (TPSA) is 83.1 Å². The average molecular weight is 555 g/mol. The lowest BCUT2D eigenvalue weighted by molar-refractivity contribution is 0.146. The van der Waals surface area contributed by atoms with Crippen LogP contribution >= 0.6 is 0 Å². The van der Waals surface area contributed by atoms with Crippen LogP contribution in [0.15, 0.2) is 125 Å². The normalized spacial score (nSPS) is 13.3. The van der Waals surface area contributed by atoms with E-state index in [-0.39, 0.29) is 23.8 Å². The third-order valence-corrected chi connectivity index (χ3v) is 12.1. The molecule has 208 valence electrons. The molecule has 40 heavy (non-hydrogen) atoms. The highest BCUT2D eigenvalue weighted by Crippen LogP contribution is 2.37. The van der Waals surface area contributed by atoms with E-state index in [9.17, 15) is 15.3 Å². The van der Waals surface area contributed by atoms with Crippen molar-refractivity contribution in [1.29, 1.82) is 0 Å². The number of benzene rings is 3. The molecule has 4 rings (SSSR count). The predicted octanol–water partition coefficient (Wildman–Crippen LogP) is 6.19. The van der Waals surface area contributed by atoms with E-state index >= 15 is 0 Å². The highest BCUT2D eigenvalue weighted by Gasteiger charge is 2.50. The predicted molar refractivity (Wildman–Crippen MR) is 161 cm³/mol. The van der Waals surface area contributed by atoms with Gasteiger partial charge in [0.15, 0.2) is 0 Å². The fourth-order valence-electron chi connectivity index (χ4n) is 5.11. The van der Waals surface area contributed by atoms with Crippen LogP contribution in [0.25, 0.3) is 0 Å². The largest absolute Gasteiger partial charge is 0.508 e. The van der Waals surface area contributed by atoms with E-state index < -0.39 is 20.5 Å². The van der Waals surface area contributed by atoms with Gasteiger partial charge < -0.3 is 24.2 Å². The third kappa shape index (κ3) is 6.91. The van der Waals surface area contributed by atoms with Crippen LogP contribution in [0.5, 0.6) is 5.75 Å². The summed E-state index contributed by atoms with van der Waals surface area (Å²) in [5.41, 5.74) is 4.71. The fraction of sp³-hybridized carbons (Fsp3) is 0.265. The Morgan fingerprint density at radius 1 is 0.875 bits per heavy atom. The van der Waals surface area contributed by atoms with Crippen molar-refractivity contribution in [3.63, 3.8) is 0 Å². The minimum atomic E-state index is -2.81. The van der Waals surface area contributed by atoms with E-state index in [4.69, 9.17) is 8.84 Å². The second-order valence-electron chi connectivity index (χ2n) is 11.0. The maximum atomic E-state index is 10.9. The molecule has 0 saturated carbocycles. The molecule has 1 heterocycles. The number of hydrogen-bond acceptors (Lipinski definition) is 5. The maximum Gasteiger partial charge on any atom is 0.261 e. The summed E-state index contributed by atoms with van der Waals surface area (Å²) in [6.45, 7) is 6.93. The van der Waals surface area contributed by atoms with Crippen LogP contribution in [0.1, 0.15) is 57.1 Å². The Kier molecular flexibility index (Phi) is 9.64. The molecule has 3 aromatic carbocycles. The van der Waals surface area contributed by atoms with E-state index in [1.54, 1.807) is 48.7 Å². The molecule has 5 nitrogen and oxygen atoms in total. The van der Waals surface area contributed by atoms with Crippen LogP contribution in [0, 0.1) is 0 Å². The summed E-state index contributed by atoms with van der Waals surface area (Å²) < 4.78 is 12.5. The average Bonchev–Trinajstić information content (AvgIpc) is 3.49. The Morgan fingerprint density at radius 3 is 2.08 bits per heavy atom. The van der Waals surface area contributed by atoms with Crippen molar-refractivity contribution in [3.8, 4) is 5.75 Å². The number of hydrogen-bond donors (Lipinski definition) is 3. The second-order valence-corrected chi connectivity index (χ2v) is 15.3. The molecule has 0 fully saturated rings. The summed E-state index contributed by atoms with van der Waals surface area (Å²) in [5.74, 6) is 0.585. The van der Waals surface area contributed by atoms with E-state index in [0.717, 1.165) is 5.57 Å². The van der Waals surface area contributed by atoms with Crippen LogP contribution in [0.3, 0.4) is 0 Å². The SMILES string of the molecule is CC(C)(C)[Si](OCC(=C=CC[C@@H](O)c1cccc(O)c1)C[C@@H](O)c1ccco1)(c1ccccc1)c1ccccc1. The number of rotatable bonds is 11. The van der Waals surface area contributed by atoms with Crippen molar-refractivity contribution in [2.24, 2.45) is 0 Å². The first kappa shape index (κ1) is 29.3. The molecule has 0 saturated heterocycles. The zero-order valence-corrected chi connectivity index (χ0v) is 24.3. The highest BCUT2D eigenvalue weighted by molar-refractivity contribution is 6.99. The molecule has 1 aromatic heterocycles. The van der Waals surface area contributed by atoms with Crippen LogP contribution < -0.4 is 10.4 Å². The standard InChI is InChI=1S/C34H38O5Si/c1-34(2,3)40(29-16-6-4-7-17-29,30-18-8-5-9-19-30)39-25-26(23-32(37)33-21-12-22-38-33)13-10-20-31(36)27-14-11-15-28(35)24-27/h4-12,14-19,21-22,24,31-32,35-37H,20,23,25H2,1-3H3/t13?,31-,32-/m1/s1. The van der Waals surface area contributed by atoms with Gasteiger partial charge in [-0.3, -0.25) is 0 Å². The smallest absolute Gasteiger partial charge is 0.261 e. The van der Waals surface area contributed by atoms with Crippen LogP contribution in [0.2, 0.25) is 5.04 Å². The first-order valence-electron chi connectivity index (χ1n) is 13.6. The van der Waals surface area contributed by atoms with Crippen molar-refractivity contribution in [3.05, 3.63) is 132 Å². The second kappa shape index (κ2) is 13.1. The first-order chi connectivity index (χ1) is 19.2. The molecular formula is C34H38O5Si. The van der Waals surface area contributed by atoms with Gasteiger partial charge in [-0.15, -0.1) is 5.73 Å². The van der Waals surface area contributed by atoms with Crippen molar-refractivity contribution >= 4 is 18.7 Å². The van der Waals surface area contributed by atoms with E-state index in [2.05, 4.69) is 75.0 Å². The van der Waals surface area contributed by atoms with Gasteiger partial charge >= 0.3 is 0 Å². The minimum Gasteiger partial charge on any atom is -0.508 e. The van der Waals surface area contributed by atoms with Gasteiger partial charge in [0.2, 0.25) is 0 Å². The molecule has 0 amide bonds. The molecule has 0 aliphatic carbocycles. The lowest BCUT2D eigenvalue weighted by Crippen LogP contribution is -2.66. The van der Waals surface area contributed by atoms with Gasteiger partial charge in [0.05, 0.1) is 19.0 Å². The zero-order chi connectivity index (χ0) is 28.6. The molecule has 6 heteroatoms. The van der Waals surface area contributed by atoms with Crippen molar-refractivity contribution in [2.45, 2.75) is 50.9 Å². The van der Waals surface area contributed by atoms with Crippen molar-refractivity contribution in [2.75, 3.05) is 6.61 Å². The monoisotopic (exact) mass is 554 g/mol. The molecule has 3 N–H and O–H groups in total. The van der Waals surface area contributed by atoms with E-state index in [1.165, 1.54) is 10.4 Å². The van der Waals surface area contributed by atoms with Gasteiger partial charge in [-0.05, 0) is 56.9 Å². The number of phenolic OH excluding ortho intramolecular Hbond substituents is 1. The summed E-state index contributed by atoms with van der Waals surface area (Å²) in [6, 6.07) is 30.9. The summed E-state index contributed by atoms with van der Waals surface area (Å²) in [7, 11) is -2.81. The summed E-state index contributed by atoms with van der Waals surface area (Å²) >= 11 is 0. The zero-order valence-electron chi connectivity index (χ0n) is 23.3. The van der Waals surface area contributed by atoms with Gasteiger partial charge in [-0.1, -0.05) is 93.6 Å². The maximum absolute atomic E-state index is 10.9. The van der Waals surface area contributed by atoms with Gasteiger partial charge in [0.25, 0.3) is 8.32 Å². The quantitative estimate of drug-likeness (QED) is 0.152. The first-order valence-corrected chi connectivity index (χ1v) is 15.5. The molecule has 0 radical (unpaired) electrons. The molecule has 0 aliphatic rings. The van der Waals surface area contributed by atoms with Crippen LogP contribution in [-0.4, -0.2) is 30.2 Å². The van der Waals surface area contributed by atoms with Gasteiger partial charge in [0.1, 0.15) is 17.6 Å². The van der Waals surface area contributed by atoms with E-state index in [0.29, 0.717) is 17.7 Å². The van der Waals surface area contributed by atoms with Crippen molar-refractivity contribution in [1.82, 2.24) is 0 Å². The highest BCUT2D eigenvalue weighted by atomic mass is 28.4. The lowest BCUT2D eigenvalue weighted by Gasteiger charge is -2.43. The molecule has 0 aliphatic heterocycles. The van der Waals surface area contributed by atoms with Gasteiger partial charge in [-0.25, -0.2) is 0 Å². The molecule has 0 bridgehead atoms. The third-order valence-electron chi connectivity index (χ3n) is 7.09. The Labute approximate surface area is 237 Å². The molecule has 0 spiro atoms. The fourth-order valence-corrected chi connectivity index (χ4v) is 9.66. The Morgan fingerprint density at radius 2 is 1.52 bits per heavy atom. The van der Waals surface area contributed by atoms with Crippen LogP contribution in [-0.2, 0) is 4.43 Å². The summed E-state index contributed by atoms with van der Waals surface area (Å²) in [4.78, 5) is 0. The van der Waals surface area contributed by atoms with E-state index in [1.807, 2.05) is 12.1 Å². The van der Waals surface area contributed by atoms with Gasteiger partial charge in [-0.2, -0.15) is 0 Å². The van der Waals surface area contributed by atoms with Crippen molar-refractivity contribution < 1.29 is 24.2 Å². The minimum absolute atomic E-state index is 0.108. The van der Waals surface area contributed by atoms with Crippen LogP contribution in [0.4, 0.5) is 0 Å². The Bertz CT molecular complexity index is 1360. The van der Waals surface area contributed by atoms with Gasteiger partial charge in [0, 0.05) is 12.8 Å². The number of aliphatic hydroxyl groups is 2. The number of aromatic hydroxyl groups is 1. The molecule has 0 unspecified atom stereocenters. The molecular weight excluding hydrogens is 516 g/mol. The Hall–Kier alpha value is -3.64. The molecule has 4 aromatic rings. The number of phenols is 1. The molecule has 2 atom stereocenters. The number of aliphatic hydroxyl groups excluding tert-OH is 2. The Balaban J connectivity index is 1.69. The lowest BCUT2D eigenvalue weighted by atomic mass is 10.0. The summed E-state index contributed by atoms with van der Waals surface area (Å²) in [6.07, 6.45) is 2.22. The summed E-state index contributed by atoms with van der Waals surface area (Å²) in [5, 5.41) is 33.5.